The van der Waals surface area contributed by atoms with Crippen molar-refractivity contribution < 1.29 is 0 Å². The number of rotatable bonds is 7. The molecule has 1 aromatic rings. The molecule has 17 heavy (non-hydrogen) atoms. The summed E-state index contributed by atoms with van der Waals surface area (Å²) in [5, 5.41) is 0. The molecule has 2 N–H and O–H groups in total. The normalized spacial score (nSPS) is 10.6. The minimum absolute atomic E-state index is 0.725. The highest BCUT2D eigenvalue weighted by Crippen LogP contribution is 2.23. The summed E-state index contributed by atoms with van der Waals surface area (Å²) in [7, 11) is 0. The van der Waals surface area contributed by atoms with Gasteiger partial charge in [0.2, 0.25) is 0 Å². The molecular formula is C15H26N2. The van der Waals surface area contributed by atoms with Crippen LogP contribution in [0.4, 0.5) is 5.69 Å². The molecule has 0 aliphatic carbocycles. The molecule has 0 unspecified atom stereocenters. The molecule has 0 heterocycles. The van der Waals surface area contributed by atoms with Gasteiger partial charge in [-0.3, -0.25) is 0 Å². The SMILES string of the molecule is CCCN(CCC)c1ccc(C)cc1CCN. The van der Waals surface area contributed by atoms with Crippen LogP contribution in [0.25, 0.3) is 0 Å². The second-order valence-corrected chi connectivity index (χ2v) is 4.66. The van der Waals surface area contributed by atoms with Crippen molar-refractivity contribution in [3.05, 3.63) is 29.3 Å². The zero-order chi connectivity index (χ0) is 12.7. The first-order valence-corrected chi connectivity index (χ1v) is 6.77. The summed E-state index contributed by atoms with van der Waals surface area (Å²) < 4.78 is 0. The van der Waals surface area contributed by atoms with Gasteiger partial charge in [-0.25, -0.2) is 0 Å². The lowest BCUT2D eigenvalue weighted by Gasteiger charge is -2.26. The van der Waals surface area contributed by atoms with E-state index < -0.39 is 0 Å². The van der Waals surface area contributed by atoms with Gasteiger partial charge in [0.25, 0.3) is 0 Å². The van der Waals surface area contributed by atoms with Crippen LogP contribution in [0, 0.1) is 6.92 Å². The van der Waals surface area contributed by atoms with Gasteiger partial charge < -0.3 is 10.6 Å². The summed E-state index contributed by atoms with van der Waals surface area (Å²) in [5.41, 5.74) is 9.81. The molecule has 0 aromatic heterocycles. The zero-order valence-electron chi connectivity index (χ0n) is 11.5. The number of nitrogens with two attached hydrogens (primary N) is 1. The Morgan fingerprint density at radius 3 is 2.29 bits per heavy atom. The predicted molar refractivity (Wildman–Crippen MR) is 76.7 cm³/mol. The third-order valence-electron chi connectivity index (χ3n) is 2.98. The van der Waals surface area contributed by atoms with Gasteiger partial charge in [0.1, 0.15) is 0 Å². The van der Waals surface area contributed by atoms with E-state index in [0.29, 0.717) is 0 Å². The first kappa shape index (κ1) is 14.0. The fourth-order valence-corrected chi connectivity index (χ4v) is 2.27. The molecule has 0 atom stereocenters. The van der Waals surface area contributed by atoms with Crippen LogP contribution in [0.3, 0.4) is 0 Å². The van der Waals surface area contributed by atoms with Crippen molar-refractivity contribution in [2.24, 2.45) is 5.73 Å². The molecule has 0 bridgehead atoms. The highest BCUT2D eigenvalue weighted by atomic mass is 15.1. The maximum Gasteiger partial charge on any atom is 0.0399 e. The summed E-state index contributed by atoms with van der Waals surface area (Å²) in [6.45, 7) is 9.61. The minimum atomic E-state index is 0.725. The van der Waals surface area contributed by atoms with E-state index in [9.17, 15) is 0 Å². The summed E-state index contributed by atoms with van der Waals surface area (Å²) in [6.07, 6.45) is 3.35. The topological polar surface area (TPSA) is 29.3 Å². The van der Waals surface area contributed by atoms with Crippen LogP contribution >= 0.6 is 0 Å². The summed E-state index contributed by atoms with van der Waals surface area (Å²) >= 11 is 0. The van der Waals surface area contributed by atoms with Crippen molar-refractivity contribution in [3.63, 3.8) is 0 Å². The molecule has 2 heteroatoms. The fourth-order valence-electron chi connectivity index (χ4n) is 2.27. The molecule has 0 radical (unpaired) electrons. The van der Waals surface area contributed by atoms with Crippen LogP contribution in [0.5, 0.6) is 0 Å². The first-order valence-electron chi connectivity index (χ1n) is 6.77. The Labute approximate surface area is 106 Å². The number of anilines is 1. The van der Waals surface area contributed by atoms with E-state index >= 15 is 0 Å². The van der Waals surface area contributed by atoms with Crippen molar-refractivity contribution in [3.8, 4) is 0 Å². The monoisotopic (exact) mass is 234 g/mol. The average Bonchev–Trinajstić information content (AvgIpc) is 2.30. The second-order valence-electron chi connectivity index (χ2n) is 4.66. The highest BCUT2D eigenvalue weighted by molar-refractivity contribution is 5.55. The van der Waals surface area contributed by atoms with Gasteiger partial charge in [-0.2, -0.15) is 0 Å². The van der Waals surface area contributed by atoms with E-state index in [1.54, 1.807) is 0 Å². The number of hydrogen-bond acceptors (Lipinski definition) is 2. The Morgan fingerprint density at radius 1 is 1.12 bits per heavy atom. The van der Waals surface area contributed by atoms with E-state index in [1.165, 1.54) is 29.7 Å². The third-order valence-corrected chi connectivity index (χ3v) is 2.98. The van der Waals surface area contributed by atoms with Crippen molar-refractivity contribution in [2.45, 2.75) is 40.0 Å². The van der Waals surface area contributed by atoms with Crippen LogP contribution < -0.4 is 10.6 Å². The van der Waals surface area contributed by atoms with Crippen LogP contribution in [-0.4, -0.2) is 19.6 Å². The summed E-state index contributed by atoms with van der Waals surface area (Å²) in [4.78, 5) is 2.49. The van der Waals surface area contributed by atoms with Gasteiger partial charge in [0.15, 0.2) is 0 Å². The number of nitrogens with zero attached hydrogens (tertiary/aromatic N) is 1. The van der Waals surface area contributed by atoms with Gasteiger partial charge in [-0.1, -0.05) is 31.5 Å². The van der Waals surface area contributed by atoms with Crippen LogP contribution in [-0.2, 0) is 6.42 Å². The molecule has 0 amide bonds. The maximum absolute atomic E-state index is 5.71. The van der Waals surface area contributed by atoms with Crippen LogP contribution in [0.1, 0.15) is 37.8 Å². The Hall–Kier alpha value is -1.02. The fraction of sp³-hybridized carbons (Fsp3) is 0.600. The molecule has 0 fully saturated rings. The van der Waals surface area contributed by atoms with Gasteiger partial charge in [0, 0.05) is 18.8 Å². The molecular weight excluding hydrogens is 208 g/mol. The third kappa shape index (κ3) is 4.04. The molecule has 1 aromatic carbocycles. The molecule has 1 rings (SSSR count). The van der Waals surface area contributed by atoms with Gasteiger partial charge in [0.05, 0.1) is 0 Å². The van der Waals surface area contributed by atoms with Crippen molar-refractivity contribution >= 4 is 5.69 Å². The number of benzene rings is 1. The smallest absolute Gasteiger partial charge is 0.0399 e. The Bertz CT molecular complexity index is 328. The van der Waals surface area contributed by atoms with E-state index in [0.717, 1.165) is 26.1 Å². The predicted octanol–water partition coefficient (Wildman–Crippen LogP) is 3.12. The quantitative estimate of drug-likeness (QED) is 0.785. The average molecular weight is 234 g/mol. The first-order chi connectivity index (χ1) is 8.22. The molecule has 0 aliphatic rings. The van der Waals surface area contributed by atoms with Gasteiger partial charge in [-0.15, -0.1) is 0 Å². The molecule has 0 saturated carbocycles. The lowest BCUT2D eigenvalue weighted by molar-refractivity contribution is 0.739. The molecule has 0 spiro atoms. The standard InChI is InChI=1S/C15H26N2/c1-4-10-17(11-5-2)15-7-6-13(3)12-14(15)8-9-16/h6-7,12H,4-5,8-11,16H2,1-3H3. The zero-order valence-corrected chi connectivity index (χ0v) is 11.5. The lowest BCUT2D eigenvalue weighted by atomic mass is 10.0. The Morgan fingerprint density at radius 2 is 1.76 bits per heavy atom. The van der Waals surface area contributed by atoms with E-state index in [1.807, 2.05) is 0 Å². The molecule has 2 nitrogen and oxygen atoms in total. The number of hydrogen-bond donors (Lipinski definition) is 1. The van der Waals surface area contributed by atoms with Gasteiger partial charge in [-0.05, 0) is 44.4 Å². The van der Waals surface area contributed by atoms with Crippen LogP contribution in [0.15, 0.2) is 18.2 Å². The summed E-state index contributed by atoms with van der Waals surface area (Å²) in [6, 6.07) is 6.74. The second kappa shape index (κ2) is 7.33. The maximum atomic E-state index is 5.71. The highest BCUT2D eigenvalue weighted by Gasteiger charge is 2.09. The van der Waals surface area contributed by atoms with Crippen LogP contribution in [0.2, 0.25) is 0 Å². The number of aryl methyl sites for hydroxylation is 1. The Balaban J connectivity index is 2.98. The minimum Gasteiger partial charge on any atom is -0.371 e. The lowest BCUT2D eigenvalue weighted by Crippen LogP contribution is -2.26. The van der Waals surface area contributed by atoms with Crippen molar-refractivity contribution in [1.29, 1.82) is 0 Å². The van der Waals surface area contributed by atoms with E-state index in [-0.39, 0.29) is 0 Å². The largest absolute Gasteiger partial charge is 0.371 e. The molecule has 96 valence electrons. The molecule has 0 aliphatic heterocycles. The molecule has 0 saturated heterocycles. The van der Waals surface area contributed by atoms with Gasteiger partial charge >= 0.3 is 0 Å². The van der Waals surface area contributed by atoms with E-state index in [4.69, 9.17) is 5.73 Å². The van der Waals surface area contributed by atoms with E-state index in [2.05, 4.69) is 43.9 Å². The van der Waals surface area contributed by atoms with Crippen molar-refractivity contribution in [2.75, 3.05) is 24.5 Å². The van der Waals surface area contributed by atoms with Crippen molar-refractivity contribution in [1.82, 2.24) is 0 Å². The summed E-state index contributed by atoms with van der Waals surface area (Å²) in [5.74, 6) is 0. The Kier molecular flexibility index (Phi) is 6.06.